The van der Waals surface area contributed by atoms with Gasteiger partial charge in [-0.15, -0.1) is 6.58 Å². The summed E-state index contributed by atoms with van der Waals surface area (Å²) in [6.45, 7) is 7.50. The molecule has 0 aliphatic carbocycles. The number of hydrogen-bond acceptors (Lipinski definition) is 0. The second-order valence-corrected chi connectivity index (χ2v) is 1.21. The van der Waals surface area contributed by atoms with E-state index < -0.39 is 0 Å². The molecule has 0 saturated heterocycles. The second-order valence-electron chi connectivity index (χ2n) is 1.21. The minimum absolute atomic E-state index is 1.17. The van der Waals surface area contributed by atoms with Crippen LogP contribution in [0.3, 0.4) is 0 Å². The van der Waals surface area contributed by atoms with Crippen LogP contribution in [0.4, 0.5) is 0 Å². The van der Waals surface area contributed by atoms with Gasteiger partial charge < -0.3 is 0 Å². The minimum atomic E-state index is 1.17. The summed E-state index contributed by atoms with van der Waals surface area (Å²) in [5.74, 6) is 0. The molecule has 0 aromatic rings. The lowest BCUT2D eigenvalue weighted by Gasteiger charge is -1.65. The molecule has 0 amide bonds. The summed E-state index contributed by atoms with van der Waals surface area (Å²) in [7, 11) is 0. The quantitative estimate of drug-likeness (QED) is 0.371. The molecule has 0 saturated carbocycles. The SMILES string of the molecule is C=C(C)[14CH3]. The highest BCUT2D eigenvalue weighted by Crippen LogP contribution is 1.73. The maximum Gasteiger partial charge on any atom is -0.0445 e. The van der Waals surface area contributed by atoms with Gasteiger partial charge in [0, 0.05) is 0 Å². The van der Waals surface area contributed by atoms with Gasteiger partial charge in [0.25, 0.3) is 0 Å². The molecule has 0 radical (unpaired) electrons. The third-order valence-corrected chi connectivity index (χ3v) is 0. The van der Waals surface area contributed by atoms with E-state index in [1.165, 1.54) is 5.57 Å². The van der Waals surface area contributed by atoms with Gasteiger partial charge in [-0.1, -0.05) is 5.57 Å². The average Bonchev–Trinajstić information content (AvgIpc) is 0.811. The molecule has 0 fully saturated rings. The highest BCUT2D eigenvalue weighted by molar-refractivity contribution is 4.78. The molecule has 0 aromatic carbocycles. The van der Waals surface area contributed by atoms with E-state index in [0.717, 1.165) is 0 Å². The van der Waals surface area contributed by atoms with Crippen LogP contribution >= 0.6 is 0 Å². The van der Waals surface area contributed by atoms with Gasteiger partial charge in [0.1, 0.15) is 0 Å². The van der Waals surface area contributed by atoms with Crippen molar-refractivity contribution >= 4 is 0 Å². The molecular formula is C4H8. The Morgan fingerprint density at radius 2 is 2.00 bits per heavy atom. The zero-order valence-electron chi connectivity index (χ0n) is 3.21. The first-order valence-corrected chi connectivity index (χ1v) is 1.35. The minimum Gasteiger partial charge on any atom is -0.100 e. The Hall–Kier alpha value is -0.260. The van der Waals surface area contributed by atoms with Crippen molar-refractivity contribution in [1.29, 1.82) is 0 Å². The first-order chi connectivity index (χ1) is 1.73. The van der Waals surface area contributed by atoms with E-state index in [2.05, 4.69) is 6.58 Å². The maximum absolute atomic E-state index is 3.56. The Morgan fingerprint density at radius 1 is 2.00 bits per heavy atom. The van der Waals surface area contributed by atoms with Crippen LogP contribution in [0.2, 0.25) is 0 Å². The fourth-order valence-electron chi connectivity index (χ4n) is 0. The fraction of sp³-hybridized carbons (Fsp3) is 0.500. The summed E-state index contributed by atoms with van der Waals surface area (Å²) in [6.07, 6.45) is 0. The Kier molecular flexibility index (Phi) is 1.03. The van der Waals surface area contributed by atoms with Crippen LogP contribution in [0.15, 0.2) is 12.2 Å². The van der Waals surface area contributed by atoms with Gasteiger partial charge >= 0.3 is 0 Å². The predicted octanol–water partition coefficient (Wildman–Crippen LogP) is 1.58. The number of hydrogen-bond donors (Lipinski definition) is 0. The van der Waals surface area contributed by atoms with Crippen molar-refractivity contribution < 1.29 is 0 Å². The molecule has 0 bridgehead atoms. The number of allylic oxidation sites excluding steroid dienone is 1. The molecule has 0 aliphatic rings. The fourth-order valence-corrected chi connectivity index (χ4v) is 0. The number of rotatable bonds is 0. The van der Waals surface area contributed by atoms with Gasteiger partial charge in [-0.25, -0.2) is 0 Å². The zero-order chi connectivity index (χ0) is 3.58. The van der Waals surface area contributed by atoms with Crippen molar-refractivity contribution in [3.63, 3.8) is 0 Å². The summed E-state index contributed by atoms with van der Waals surface area (Å²) in [6, 6.07) is 0. The monoisotopic (exact) mass is 58.1 g/mol. The Bertz CT molecular complexity index is 23.0. The lowest BCUT2D eigenvalue weighted by molar-refractivity contribution is 1.42. The van der Waals surface area contributed by atoms with Crippen molar-refractivity contribution in [1.82, 2.24) is 0 Å². The van der Waals surface area contributed by atoms with Crippen molar-refractivity contribution in [2.45, 2.75) is 13.8 Å². The summed E-state index contributed by atoms with van der Waals surface area (Å²) in [5, 5.41) is 0. The molecule has 0 aliphatic heterocycles. The van der Waals surface area contributed by atoms with Gasteiger partial charge in [-0.3, -0.25) is 0 Å². The van der Waals surface area contributed by atoms with Gasteiger partial charge in [0.2, 0.25) is 0 Å². The Balaban J connectivity index is 2.80. The van der Waals surface area contributed by atoms with Gasteiger partial charge in [0.15, 0.2) is 0 Å². The topological polar surface area (TPSA) is 0 Å². The van der Waals surface area contributed by atoms with Crippen LogP contribution in [-0.2, 0) is 0 Å². The highest BCUT2D eigenvalue weighted by Gasteiger charge is 1.51. The molecule has 0 nitrogen and oxygen atoms in total. The van der Waals surface area contributed by atoms with E-state index in [4.69, 9.17) is 0 Å². The molecular weight excluding hydrogens is 50.0 g/mol. The molecule has 0 heterocycles. The molecule has 0 heteroatoms. The third-order valence-electron chi connectivity index (χ3n) is 0. The molecule has 24 valence electrons. The first-order valence-electron chi connectivity index (χ1n) is 1.35. The van der Waals surface area contributed by atoms with Crippen LogP contribution in [0, 0.1) is 0 Å². The lowest BCUT2D eigenvalue weighted by atomic mass is 10.6. The predicted molar refractivity (Wildman–Crippen MR) is 20.5 cm³/mol. The largest absolute Gasteiger partial charge is 0.100 e. The van der Waals surface area contributed by atoms with Crippen molar-refractivity contribution in [3.05, 3.63) is 12.2 Å². The van der Waals surface area contributed by atoms with E-state index in [-0.39, 0.29) is 0 Å². The van der Waals surface area contributed by atoms with Gasteiger partial charge in [0.05, 0.1) is 0 Å². The van der Waals surface area contributed by atoms with Crippen LogP contribution in [0.5, 0.6) is 0 Å². The molecule has 0 rings (SSSR count). The van der Waals surface area contributed by atoms with E-state index in [0.29, 0.717) is 0 Å². The molecule has 0 aromatic heterocycles. The molecule has 0 atom stereocenters. The summed E-state index contributed by atoms with van der Waals surface area (Å²) >= 11 is 0. The molecule has 0 unspecified atom stereocenters. The normalized spacial score (nSPS) is 6.50. The first kappa shape index (κ1) is 3.74. The molecule has 0 spiro atoms. The third kappa shape index (κ3) is 14.1. The summed E-state index contributed by atoms with van der Waals surface area (Å²) < 4.78 is 0. The van der Waals surface area contributed by atoms with Crippen molar-refractivity contribution in [2.75, 3.05) is 0 Å². The van der Waals surface area contributed by atoms with E-state index in [1.54, 1.807) is 0 Å². The smallest absolute Gasteiger partial charge is 0.0445 e. The summed E-state index contributed by atoms with van der Waals surface area (Å²) in [5.41, 5.74) is 1.17. The zero-order valence-corrected chi connectivity index (χ0v) is 3.21. The average molecular weight is 58.1 g/mol. The van der Waals surface area contributed by atoms with Crippen molar-refractivity contribution in [2.24, 2.45) is 0 Å². The standard InChI is InChI=1S/C4H8/c1-4(2)3/h1H2,2-3H3/i2+2. The van der Waals surface area contributed by atoms with Crippen LogP contribution in [-0.4, -0.2) is 0 Å². The maximum atomic E-state index is 3.56. The summed E-state index contributed by atoms with van der Waals surface area (Å²) in [4.78, 5) is 0. The highest BCUT2D eigenvalue weighted by atomic mass is 14.5. The molecule has 4 heavy (non-hydrogen) atoms. The van der Waals surface area contributed by atoms with Crippen LogP contribution in [0.1, 0.15) is 13.8 Å². The van der Waals surface area contributed by atoms with E-state index in [1.807, 2.05) is 13.8 Å². The van der Waals surface area contributed by atoms with E-state index in [9.17, 15) is 0 Å². The van der Waals surface area contributed by atoms with Gasteiger partial charge in [-0.05, 0) is 13.8 Å². The second kappa shape index (κ2) is 1.10. The molecule has 0 N–H and O–H groups in total. The Labute approximate surface area is 27.1 Å². The Morgan fingerprint density at radius 3 is 2.00 bits per heavy atom. The van der Waals surface area contributed by atoms with Crippen LogP contribution < -0.4 is 0 Å². The lowest BCUT2D eigenvalue weighted by Crippen LogP contribution is -1.43. The van der Waals surface area contributed by atoms with Gasteiger partial charge in [-0.2, -0.15) is 0 Å². The van der Waals surface area contributed by atoms with Crippen LogP contribution in [0.25, 0.3) is 0 Å². The van der Waals surface area contributed by atoms with E-state index >= 15 is 0 Å². The van der Waals surface area contributed by atoms with Crippen molar-refractivity contribution in [3.8, 4) is 0 Å².